The van der Waals surface area contributed by atoms with E-state index in [4.69, 9.17) is 8.22 Å². The second-order valence-corrected chi connectivity index (χ2v) is 22.1. The van der Waals surface area contributed by atoms with Crippen LogP contribution in [0.4, 0.5) is 68.2 Å². The van der Waals surface area contributed by atoms with Gasteiger partial charge in [0.25, 0.3) is 6.71 Å². The van der Waals surface area contributed by atoms with E-state index in [0.717, 1.165) is 9.47 Å². The number of benzene rings is 11. The van der Waals surface area contributed by atoms with Crippen molar-refractivity contribution in [1.29, 1.82) is 0 Å². The van der Waals surface area contributed by atoms with Crippen molar-refractivity contribution in [2.75, 3.05) is 19.6 Å². The van der Waals surface area contributed by atoms with Crippen LogP contribution in [0.25, 0.3) is 47.7 Å². The van der Waals surface area contributed by atoms with Crippen LogP contribution in [-0.4, -0.2) is 11.3 Å². The Morgan fingerprint density at radius 3 is 1.59 bits per heavy atom. The second-order valence-electron chi connectivity index (χ2n) is 21.1. The fourth-order valence-electron chi connectivity index (χ4n) is 10.5. The molecule has 0 spiro atoms. The van der Waals surface area contributed by atoms with E-state index < -0.39 is 387 Å². The maximum atomic E-state index is 11.4. The molecule has 388 valence electrons. The van der Waals surface area contributed by atoms with Crippen LogP contribution < -0.4 is 36.0 Å². The standard InChI is InChI=1S/C74H58BN5S/c1-73(2,3)47-31-35-51(36-32-47)76(52-37-33-48(34-38-52)74(4,5)6)53-40-42-60-65(43-53)78(54-39-41-58-57-24-14-16-30-68(57)81-69(58)46-54)66-44-55(77(49-19-9-7-10-20-49)50-21-11-8-12-22-50)45-67-70(66)75(60)61-26-18-29-64-72(61)80(67)63-28-17-25-59-56-23-13-15-27-62(56)79(64)71(59)63/h7-46H,1-6H3/i7D,8D,9D,10D,11D,12D,13D,14D,15D,16D,17D,18D,19D,20D,21D,22D,23D,24D,25D,26D,27D,28D,29D,30D,31D,32D,33D,34D,35D,36D,37D,38D,39D,40D,41D,42D,43D,44D,45D,46D. The molecular formula is C74H58BN5S. The summed E-state index contributed by atoms with van der Waals surface area (Å²) in [6.45, 7) is 6.79. The summed E-state index contributed by atoms with van der Waals surface area (Å²) in [5.74, 6) is 0. The number of fused-ring (bicyclic) bond motifs is 12. The van der Waals surface area contributed by atoms with Crippen molar-refractivity contribution >= 4 is 145 Å². The number of hydrogen-bond donors (Lipinski definition) is 0. The van der Waals surface area contributed by atoms with Crippen molar-refractivity contribution in [2.45, 2.75) is 52.4 Å². The summed E-state index contributed by atoms with van der Waals surface area (Å²) in [6, 6.07) is -43.1. The molecule has 7 heteroatoms. The van der Waals surface area contributed by atoms with Gasteiger partial charge in [-0.3, -0.25) is 0 Å². The summed E-state index contributed by atoms with van der Waals surface area (Å²) in [5.41, 5.74) is -20.4. The highest BCUT2D eigenvalue weighted by molar-refractivity contribution is 7.25. The summed E-state index contributed by atoms with van der Waals surface area (Å²) in [6.07, 6.45) is 0. The van der Waals surface area contributed by atoms with E-state index in [0.29, 0.717) is 26.0 Å². The SMILES string of the molecule is [2H]c1c([2H])c([2H])c(N(c2c([2H])c([2H])c([2H])c([2H])c2[2H])c2c([2H])c3c4c(c2[2H])N2c5c(c([2H])c([2H])c([2H])c5-n5c6c([2H])c([2H])c([2H])c([2H])c6c6c([2H])c([2H])c([2H])c2c65)B4c2c([2H])c([2H])c(N(c4c([2H])c([2H])c(C(C)(C)C)c([2H])c4[2H])c4c([2H])c([2H])c(C(C)(C)C)c([2H])c4[2H])c([2H])c2N3c2c([2H])c([2H])c3c(sc4c([2H])c([2H])c([2H])c([2H])c43)c2[2H])c([2H])c1[2H]. The van der Waals surface area contributed by atoms with Crippen LogP contribution in [0.1, 0.15) is 107 Å². The molecular weight excluding hydrogens is 1000 g/mol. The van der Waals surface area contributed by atoms with Gasteiger partial charge in [-0.05, 0) is 147 Å². The molecule has 0 saturated heterocycles. The Morgan fingerprint density at radius 2 is 0.914 bits per heavy atom. The number of anilines is 12. The van der Waals surface area contributed by atoms with Crippen molar-refractivity contribution in [3.05, 3.63) is 253 Å². The lowest BCUT2D eigenvalue weighted by Gasteiger charge is -2.47. The van der Waals surface area contributed by atoms with Crippen molar-refractivity contribution < 1.29 is 54.8 Å². The van der Waals surface area contributed by atoms with Gasteiger partial charge in [0.2, 0.25) is 0 Å². The smallest absolute Gasteiger partial charge is 0.252 e. The molecule has 81 heavy (non-hydrogen) atoms. The van der Waals surface area contributed by atoms with Crippen molar-refractivity contribution in [1.82, 2.24) is 4.57 Å². The van der Waals surface area contributed by atoms with Gasteiger partial charge in [0, 0.05) is 82.1 Å². The van der Waals surface area contributed by atoms with Gasteiger partial charge in [-0.15, -0.1) is 11.3 Å². The van der Waals surface area contributed by atoms with Gasteiger partial charge >= 0.3 is 0 Å². The largest absolute Gasteiger partial charge is 0.311 e. The Bertz CT molecular complexity index is 6900. The maximum absolute atomic E-state index is 11.4. The Kier molecular flexibility index (Phi) is 4.85. The van der Waals surface area contributed by atoms with Gasteiger partial charge in [-0.1, -0.05) is 174 Å². The zero-order chi connectivity index (χ0) is 89.3. The number of nitrogens with zero attached hydrogens (tertiary/aromatic N) is 5. The molecule has 0 radical (unpaired) electrons. The second kappa shape index (κ2) is 17.6. The van der Waals surface area contributed by atoms with E-state index in [-0.39, 0.29) is 15.8 Å². The van der Waals surface area contributed by atoms with Crippen molar-refractivity contribution in [3.8, 4) is 5.69 Å². The highest BCUT2D eigenvalue weighted by Gasteiger charge is 2.47. The number of rotatable bonds is 7. The van der Waals surface area contributed by atoms with Crippen LogP contribution in [0.3, 0.4) is 0 Å². The first-order chi connectivity index (χ1) is 56.2. The Labute approximate surface area is 534 Å². The Hall–Kier alpha value is -9.30. The zero-order valence-electron chi connectivity index (χ0n) is 83.2. The van der Waals surface area contributed by atoms with Crippen LogP contribution in [0.2, 0.25) is 0 Å². The number of aromatic nitrogens is 1. The lowest BCUT2D eigenvalue weighted by atomic mass is 9.33. The first-order valence-electron chi connectivity index (χ1n) is 45.1. The normalized spacial score (nSPS) is 20.1. The van der Waals surface area contributed by atoms with Gasteiger partial charge in [-0.25, -0.2) is 0 Å². The van der Waals surface area contributed by atoms with E-state index >= 15 is 0 Å². The van der Waals surface area contributed by atoms with Crippen LogP contribution in [0.15, 0.2) is 242 Å². The number of thiophene rings is 1. The minimum absolute atomic E-state index is 0.256. The molecule has 2 aromatic heterocycles. The van der Waals surface area contributed by atoms with E-state index in [1.807, 2.05) is 0 Å². The summed E-state index contributed by atoms with van der Waals surface area (Å²) in [4.78, 5) is 2.24. The van der Waals surface area contributed by atoms with Gasteiger partial charge in [-0.2, -0.15) is 0 Å². The molecule has 11 aromatic carbocycles. The van der Waals surface area contributed by atoms with E-state index in [1.165, 1.54) is 41.5 Å². The fraction of sp³-hybridized carbons (Fsp3) is 0.108. The third kappa shape index (κ3) is 7.24. The van der Waals surface area contributed by atoms with Crippen molar-refractivity contribution in [3.63, 3.8) is 0 Å². The average molecular weight is 1100 g/mol. The molecule has 0 saturated carbocycles. The molecule has 16 rings (SSSR count). The fourth-order valence-corrected chi connectivity index (χ4v) is 11.5. The molecule has 5 nitrogen and oxygen atoms in total. The first-order valence-corrected chi connectivity index (χ1v) is 25.9. The Morgan fingerprint density at radius 1 is 0.383 bits per heavy atom. The highest BCUT2D eigenvalue weighted by atomic mass is 32.1. The lowest BCUT2D eigenvalue weighted by molar-refractivity contribution is 0.590. The molecule has 0 atom stereocenters. The zero-order valence-corrected chi connectivity index (χ0v) is 44.0. The van der Waals surface area contributed by atoms with Gasteiger partial charge in [0.1, 0.15) is 0 Å². The molecule has 0 bridgehead atoms. The quantitative estimate of drug-likeness (QED) is 0.148. The molecule has 0 fully saturated rings. The summed E-state index contributed by atoms with van der Waals surface area (Å²) < 4.78 is 394. The van der Waals surface area contributed by atoms with Gasteiger partial charge in [0.05, 0.1) is 88.6 Å². The molecule has 13 aromatic rings. The Balaban J connectivity index is 1.25. The van der Waals surface area contributed by atoms with Gasteiger partial charge < -0.3 is 24.2 Å². The predicted octanol–water partition coefficient (Wildman–Crippen LogP) is 19.1. The first kappa shape index (κ1) is 22.3. The van der Waals surface area contributed by atoms with Gasteiger partial charge in [0.15, 0.2) is 0 Å². The molecule has 0 unspecified atom stereocenters. The van der Waals surface area contributed by atoms with E-state index in [1.54, 1.807) is 0 Å². The maximum Gasteiger partial charge on any atom is 0.252 e. The topological polar surface area (TPSA) is 17.9 Å². The van der Waals surface area contributed by atoms with Crippen LogP contribution in [0, 0.1) is 0 Å². The minimum atomic E-state index is -2.45. The molecule has 0 N–H and O–H groups in total. The molecule has 0 aliphatic carbocycles. The van der Waals surface area contributed by atoms with E-state index in [9.17, 15) is 46.6 Å². The van der Waals surface area contributed by atoms with Crippen LogP contribution in [0.5, 0.6) is 0 Å². The monoisotopic (exact) mass is 1100 g/mol. The van der Waals surface area contributed by atoms with E-state index in [2.05, 4.69) is 0 Å². The lowest BCUT2D eigenvalue weighted by Crippen LogP contribution is -2.61. The third-order valence-corrected chi connectivity index (χ3v) is 15.2. The molecule has 5 heterocycles. The third-order valence-electron chi connectivity index (χ3n) is 14.2. The molecule has 3 aliphatic rings. The highest BCUT2D eigenvalue weighted by Crippen LogP contribution is 2.55. The number of para-hydroxylation sites is 5. The average Bonchev–Trinajstić information content (AvgIpc) is 1.64. The van der Waals surface area contributed by atoms with Crippen LogP contribution >= 0.6 is 11.3 Å². The summed E-state index contributed by atoms with van der Waals surface area (Å²) in [5, 5.41) is -2.08. The molecule has 3 aliphatic heterocycles. The van der Waals surface area contributed by atoms with Crippen LogP contribution in [-0.2, 0) is 10.8 Å². The molecule has 0 amide bonds. The summed E-state index contributed by atoms with van der Waals surface area (Å²) >= 11 is 0.444. The number of hydrogen-bond acceptors (Lipinski definition) is 5. The van der Waals surface area contributed by atoms with Crippen molar-refractivity contribution in [2.24, 2.45) is 0 Å². The predicted molar refractivity (Wildman–Crippen MR) is 348 cm³/mol. The minimum Gasteiger partial charge on any atom is -0.311 e. The summed E-state index contributed by atoms with van der Waals surface area (Å²) in [7, 11) is 0.